The first-order valence-electron chi connectivity index (χ1n) is 8.41. The quantitative estimate of drug-likeness (QED) is 0.914. The molecule has 0 spiro atoms. The lowest BCUT2D eigenvalue weighted by atomic mass is 9.94. The fourth-order valence-electron chi connectivity index (χ4n) is 3.57. The molecule has 2 aliphatic rings. The molecule has 4 nitrogen and oxygen atoms in total. The maximum Gasteiger partial charge on any atom is 0.229 e. The molecule has 0 aromatic heterocycles. The zero-order chi connectivity index (χ0) is 16.4. The van der Waals surface area contributed by atoms with Gasteiger partial charge in [0.05, 0.1) is 5.92 Å². The van der Waals surface area contributed by atoms with Crippen LogP contribution in [0.5, 0.6) is 0 Å². The van der Waals surface area contributed by atoms with Gasteiger partial charge in [-0.05, 0) is 37.5 Å². The predicted octanol–water partition coefficient (Wildman–Crippen LogP) is 3.77. The average molecular weight is 335 g/mol. The van der Waals surface area contributed by atoms with Crippen LogP contribution in [0.15, 0.2) is 18.2 Å². The van der Waals surface area contributed by atoms with E-state index >= 15 is 0 Å². The Morgan fingerprint density at radius 1 is 1.26 bits per heavy atom. The van der Waals surface area contributed by atoms with Gasteiger partial charge < -0.3 is 10.2 Å². The second-order valence-corrected chi connectivity index (χ2v) is 7.10. The highest BCUT2D eigenvalue weighted by Gasteiger charge is 2.38. The number of likely N-dealkylation sites (tertiary alicyclic amines) is 1. The van der Waals surface area contributed by atoms with E-state index in [4.69, 9.17) is 11.6 Å². The molecule has 0 bridgehead atoms. The van der Waals surface area contributed by atoms with Crippen LogP contribution in [0.3, 0.4) is 0 Å². The summed E-state index contributed by atoms with van der Waals surface area (Å²) in [4.78, 5) is 26.7. The molecule has 23 heavy (non-hydrogen) atoms. The van der Waals surface area contributed by atoms with Gasteiger partial charge in [0.2, 0.25) is 11.8 Å². The van der Waals surface area contributed by atoms with Crippen LogP contribution >= 0.6 is 11.6 Å². The molecule has 2 fully saturated rings. The lowest BCUT2D eigenvalue weighted by Gasteiger charge is -2.31. The topological polar surface area (TPSA) is 49.4 Å². The Hall–Kier alpha value is -1.55. The number of hydrogen-bond donors (Lipinski definition) is 1. The fourth-order valence-corrected chi connectivity index (χ4v) is 3.75. The van der Waals surface area contributed by atoms with Crippen molar-refractivity contribution in [2.75, 3.05) is 11.9 Å². The lowest BCUT2D eigenvalue weighted by Crippen LogP contribution is -2.38. The van der Waals surface area contributed by atoms with Gasteiger partial charge in [0.25, 0.3) is 0 Å². The summed E-state index contributed by atoms with van der Waals surface area (Å²) in [6.07, 6.45) is 6.11. The molecule has 5 heteroatoms. The zero-order valence-corrected chi connectivity index (χ0v) is 14.2. The van der Waals surface area contributed by atoms with Crippen molar-refractivity contribution in [1.29, 1.82) is 0 Å². The van der Waals surface area contributed by atoms with E-state index < -0.39 is 0 Å². The van der Waals surface area contributed by atoms with Crippen molar-refractivity contribution in [3.8, 4) is 0 Å². The van der Waals surface area contributed by atoms with Crippen LogP contribution in [0.4, 0.5) is 5.69 Å². The van der Waals surface area contributed by atoms with Crippen molar-refractivity contribution in [2.45, 2.75) is 51.5 Å². The van der Waals surface area contributed by atoms with Gasteiger partial charge in [-0.3, -0.25) is 9.59 Å². The second-order valence-electron chi connectivity index (χ2n) is 6.69. The molecule has 1 aliphatic carbocycles. The Labute approximate surface area is 142 Å². The normalized spacial score (nSPS) is 22.4. The summed E-state index contributed by atoms with van der Waals surface area (Å²) in [5.41, 5.74) is 1.67. The monoisotopic (exact) mass is 334 g/mol. The largest absolute Gasteiger partial charge is 0.339 e. The van der Waals surface area contributed by atoms with Gasteiger partial charge in [-0.2, -0.15) is 0 Å². The molecule has 1 aromatic rings. The number of amides is 2. The fraction of sp³-hybridized carbons (Fsp3) is 0.556. The molecule has 1 N–H and O–H groups in total. The molecule has 124 valence electrons. The SMILES string of the molecule is Cc1ccc(NC(=O)[C@H]2CC(=O)N(C3CCCCC3)C2)cc1Cl. The van der Waals surface area contributed by atoms with Gasteiger partial charge in [-0.1, -0.05) is 36.9 Å². The van der Waals surface area contributed by atoms with Crippen LogP contribution in [-0.4, -0.2) is 29.3 Å². The Balaban J connectivity index is 1.61. The molecule has 0 radical (unpaired) electrons. The van der Waals surface area contributed by atoms with E-state index in [9.17, 15) is 9.59 Å². The molecular formula is C18H23ClN2O2. The van der Waals surface area contributed by atoms with Gasteiger partial charge in [0.1, 0.15) is 0 Å². The van der Waals surface area contributed by atoms with Crippen LogP contribution in [0, 0.1) is 12.8 Å². The van der Waals surface area contributed by atoms with E-state index in [-0.39, 0.29) is 17.7 Å². The molecule has 1 saturated carbocycles. The summed E-state index contributed by atoms with van der Waals surface area (Å²) in [6, 6.07) is 5.81. The number of rotatable bonds is 3. The molecule has 0 unspecified atom stereocenters. The van der Waals surface area contributed by atoms with Crippen LogP contribution in [0.25, 0.3) is 0 Å². The first-order valence-corrected chi connectivity index (χ1v) is 8.79. The Bertz CT molecular complexity index is 611. The zero-order valence-electron chi connectivity index (χ0n) is 13.5. The van der Waals surface area contributed by atoms with Gasteiger partial charge >= 0.3 is 0 Å². The van der Waals surface area contributed by atoms with Crippen molar-refractivity contribution in [2.24, 2.45) is 5.92 Å². The third-order valence-electron chi connectivity index (χ3n) is 4.98. The molecule has 2 amide bonds. The number of hydrogen-bond acceptors (Lipinski definition) is 2. The average Bonchev–Trinajstić information content (AvgIpc) is 2.94. The summed E-state index contributed by atoms with van der Waals surface area (Å²) < 4.78 is 0. The summed E-state index contributed by atoms with van der Waals surface area (Å²) in [5, 5.41) is 3.53. The summed E-state index contributed by atoms with van der Waals surface area (Å²) in [5.74, 6) is -0.222. The Morgan fingerprint density at radius 2 is 2.00 bits per heavy atom. The van der Waals surface area contributed by atoms with E-state index in [0.717, 1.165) is 18.4 Å². The third-order valence-corrected chi connectivity index (χ3v) is 5.39. The van der Waals surface area contributed by atoms with Crippen molar-refractivity contribution < 1.29 is 9.59 Å². The van der Waals surface area contributed by atoms with E-state index in [2.05, 4.69) is 5.32 Å². The lowest BCUT2D eigenvalue weighted by molar-refractivity contribution is -0.130. The molecule has 1 aromatic carbocycles. The van der Waals surface area contributed by atoms with E-state index in [0.29, 0.717) is 29.7 Å². The van der Waals surface area contributed by atoms with Crippen LogP contribution in [-0.2, 0) is 9.59 Å². The highest BCUT2D eigenvalue weighted by Crippen LogP contribution is 2.29. The number of nitrogens with zero attached hydrogens (tertiary/aromatic N) is 1. The van der Waals surface area contributed by atoms with Crippen LogP contribution in [0.2, 0.25) is 5.02 Å². The third kappa shape index (κ3) is 3.69. The molecule has 1 heterocycles. The highest BCUT2D eigenvalue weighted by atomic mass is 35.5. The van der Waals surface area contributed by atoms with Crippen molar-refractivity contribution in [3.05, 3.63) is 28.8 Å². The number of carbonyl (C=O) groups is 2. The van der Waals surface area contributed by atoms with Crippen molar-refractivity contribution >= 4 is 29.1 Å². The first-order chi connectivity index (χ1) is 11.0. The van der Waals surface area contributed by atoms with Crippen molar-refractivity contribution in [1.82, 2.24) is 4.90 Å². The van der Waals surface area contributed by atoms with Gasteiger partial charge in [-0.25, -0.2) is 0 Å². The number of nitrogens with one attached hydrogen (secondary N) is 1. The molecule has 3 rings (SSSR count). The van der Waals surface area contributed by atoms with Crippen LogP contribution in [0.1, 0.15) is 44.1 Å². The van der Waals surface area contributed by atoms with Crippen molar-refractivity contribution in [3.63, 3.8) is 0 Å². The van der Waals surface area contributed by atoms with Gasteiger partial charge in [0, 0.05) is 29.7 Å². The number of anilines is 1. The first kappa shape index (κ1) is 16.3. The number of carbonyl (C=O) groups excluding carboxylic acids is 2. The smallest absolute Gasteiger partial charge is 0.229 e. The van der Waals surface area contributed by atoms with Crippen LogP contribution < -0.4 is 5.32 Å². The molecule has 1 saturated heterocycles. The predicted molar refractivity (Wildman–Crippen MR) is 91.5 cm³/mol. The molecular weight excluding hydrogens is 312 g/mol. The minimum Gasteiger partial charge on any atom is -0.339 e. The number of benzene rings is 1. The number of halogens is 1. The number of aryl methyl sites for hydroxylation is 1. The van der Waals surface area contributed by atoms with E-state index in [1.807, 2.05) is 24.0 Å². The highest BCUT2D eigenvalue weighted by molar-refractivity contribution is 6.31. The van der Waals surface area contributed by atoms with E-state index in [1.54, 1.807) is 6.07 Å². The minimum absolute atomic E-state index is 0.0865. The van der Waals surface area contributed by atoms with E-state index in [1.165, 1.54) is 19.3 Å². The molecule has 1 aliphatic heterocycles. The standard InChI is InChI=1S/C18H23ClN2O2/c1-12-7-8-14(10-16(12)19)20-18(23)13-9-17(22)21(11-13)15-5-3-2-4-6-15/h7-8,10,13,15H,2-6,9,11H2,1H3,(H,20,23)/t13-/m0/s1. The Morgan fingerprint density at radius 3 is 2.70 bits per heavy atom. The summed E-state index contributed by atoms with van der Waals surface area (Å²) in [6.45, 7) is 2.47. The maximum absolute atomic E-state index is 12.5. The Kier molecular flexibility index (Phi) is 4.90. The maximum atomic E-state index is 12.5. The van der Waals surface area contributed by atoms with Gasteiger partial charge in [-0.15, -0.1) is 0 Å². The minimum atomic E-state index is -0.260. The summed E-state index contributed by atoms with van der Waals surface area (Å²) in [7, 11) is 0. The summed E-state index contributed by atoms with van der Waals surface area (Å²) >= 11 is 6.09. The second kappa shape index (κ2) is 6.91. The molecule has 1 atom stereocenters. The van der Waals surface area contributed by atoms with Gasteiger partial charge in [0.15, 0.2) is 0 Å².